The normalized spacial score (nSPS) is 19.7. The fourth-order valence-corrected chi connectivity index (χ4v) is 3.78. The monoisotopic (exact) mass is 367 g/mol. The van der Waals surface area contributed by atoms with Crippen LogP contribution in [0, 0.1) is 0 Å². The third kappa shape index (κ3) is 3.67. The molecule has 1 aliphatic rings. The van der Waals surface area contributed by atoms with Crippen molar-refractivity contribution in [2.24, 2.45) is 7.05 Å². The van der Waals surface area contributed by atoms with Gasteiger partial charge in [-0.2, -0.15) is 5.10 Å². The molecule has 0 unspecified atom stereocenters. The Hall–Kier alpha value is -2.83. The number of aromatic nitrogens is 4. The Morgan fingerprint density at radius 2 is 2.26 bits per heavy atom. The molecule has 2 atom stereocenters. The molecule has 3 aromatic rings. The van der Waals surface area contributed by atoms with E-state index in [2.05, 4.69) is 26.4 Å². The van der Waals surface area contributed by atoms with Crippen molar-refractivity contribution in [3.63, 3.8) is 0 Å². The molecule has 1 saturated carbocycles. The minimum absolute atomic E-state index is 0.0362. The highest BCUT2D eigenvalue weighted by Crippen LogP contribution is 2.37. The lowest BCUT2D eigenvalue weighted by molar-refractivity contribution is 0.0982. The minimum Gasteiger partial charge on any atom is -0.446 e. The van der Waals surface area contributed by atoms with Crippen LogP contribution < -0.4 is 5.32 Å². The fraction of sp³-hybridized carbons (Fsp3) is 0.450. The number of hydrogen-bond acceptors (Lipinski definition) is 4. The van der Waals surface area contributed by atoms with Crippen LogP contribution in [0.2, 0.25) is 0 Å². The van der Waals surface area contributed by atoms with Crippen molar-refractivity contribution in [1.82, 2.24) is 25.1 Å². The van der Waals surface area contributed by atoms with Crippen LogP contribution in [0.15, 0.2) is 30.7 Å². The van der Waals surface area contributed by atoms with Gasteiger partial charge in [-0.25, -0.2) is 9.78 Å². The van der Waals surface area contributed by atoms with Gasteiger partial charge in [0.1, 0.15) is 11.8 Å². The number of nitrogens with zero attached hydrogens (tertiary/aromatic N) is 3. The first-order valence-electron chi connectivity index (χ1n) is 9.44. The van der Waals surface area contributed by atoms with Gasteiger partial charge in [0.15, 0.2) is 0 Å². The molecule has 1 aliphatic carbocycles. The van der Waals surface area contributed by atoms with Gasteiger partial charge in [-0.3, -0.25) is 4.68 Å². The van der Waals surface area contributed by atoms with Crippen LogP contribution in [0.3, 0.4) is 0 Å². The molecule has 3 aromatic heterocycles. The maximum absolute atomic E-state index is 11.8. The van der Waals surface area contributed by atoms with Crippen LogP contribution >= 0.6 is 0 Å². The molecule has 3 heterocycles. The SMILES string of the molecule is CC(C)NC(=O)O[C@@H]1CC[C@H](c2cnc3[nH]cc(-c4ccn(C)n4)c3c2)C1. The summed E-state index contributed by atoms with van der Waals surface area (Å²) in [5.74, 6) is 0.352. The third-order valence-electron chi connectivity index (χ3n) is 5.08. The lowest BCUT2D eigenvalue weighted by atomic mass is 9.98. The lowest BCUT2D eigenvalue weighted by Gasteiger charge is -2.15. The van der Waals surface area contributed by atoms with Gasteiger partial charge in [-0.05, 0) is 56.7 Å². The highest BCUT2D eigenvalue weighted by atomic mass is 16.6. The summed E-state index contributed by atoms with van der Waals surface area (Å²) in [7, 11) is 1.91. The molecule has 7 nitrogen and oxygen atoms in total. The molecule has 0 radical (unpaired) electrons. The van der Waals surface area contributed by atoms with Crippen molar-refractivity contribution in [1.29, 1.82) is 0 Å². The van der Waals surface area contributed by atoms with E-state index in [-0.39, 0.29) is 18.2 Å². The van der Waals surface area contributed by atoms with Crippen LogP contribution in [0.5, 0.6) is 0 Å². The molecule has 2 N–H and O–H groups in total. The predicted octanol–water partition coefficient (Wildman–Crippen LogP) is 3.73. The van der Waals surface area contributed by atoms with Crippen molar-refractivity contribution in [2.75, 3.05) is 0 Å². The van der Waals surface area contributed by atoms with E-state index in [0.717, 1.165) is 41.6 Å². The van der Waals surface area contributed by atoms with E-state index >= 15 is 0 Å². The zero-order valence-electron chi connectivity index (χ0n) is 15.9. The predicted molar refractivity (Wildman–Crippen MR) is 103 cm³/mol. The highest BCUT2D eigenvalue weighted by molar-refractivity contribution is 5.92. The number of alkyl carbamates (subject to hydrolysis) is 1. The van der Waals surface area contributed by atoms with Crippen molar-refractivity contribution in [2.45, 2.75) is 51.2 Å². The Kier molecular flexibility index (Phi) is 4.59. The molecule has 1 amide bonds. The van der Waals surface area contributed by atoms with E-state index in [1.165, 1.54) is 5.56 Å². The first-order chi connectivity index (χ1) is 13.0. The molecule has 0 aliphatic heterocycles. The zero-order valence-corrected chi connectivity index (χ0v) is 15.9. The maximum atomic E-state index is 11.8. The van der Waals surface area contributed by atoms with E-state index < -0.39 is 0 Å². The zero-order chi connectivity index (χ0) is 19.0. The molecule has 27 heavy (non-hydrogen) atoms. The topological polar surface area (TPSA) is 84.8 Å². The number of fused-ring (bicyclic) bond motifs is 1. The Balaban J connectivity index is 1.52. The molecule has 0 saturated heterocycles. The van der Waals surface area contributed by atoms with Crippen molar-refractivity contribution < 1.29 is 9.53 Å². The van der Waals surface area contributed by atoms with Crippen LogP contribution in [0.25, 0.3) is 22.3 Å². The molecule has 7 heteroatoms. The summed E-state index contributed by atoms with van der Waals surface area (Å²) in [5, 5.41) is 8.37. The minimum atomic E-state index is -0.327. The molecule has 0 aromatic carbocycles. The Morgan fingerprint density at radius 1 is 1.41 bits per heavy atom. The molecular formula is C20H25N5O2. The molecular weight excluding hydrogens is 342 g/mol. The van der Waals surface area contributed by atoms with E-state index in [9.17, 15) is 4.79 Å². The first kappa shape index (κ1) is 17.6. The van der Waals surface area contributed by atoms with Gasteiger partial charge < -0.3 is 15.0 Å². The number of H-pyrrole nitrogens is 1. The second kappa shape index (κ2) is 7.06. The molecule has 0 spiro atoms. The number of ether oxygens (including phenoxy) is 1. The van der Waals surface area contributed by atoms with Gasteiger partial charge in [-0.15, -0.1) is 0 Å². The van der Waals surface area contributed by atoms with Gasteiger partial charge >= 0.3 is 6.09 Å². The number of amides is 1. The average molecular weight is 367 g/mol. The van der Waals surface area contributed by atoms with Crippen molar-refractivity contribution in [3.05, 3.63) is 36.3 Å². The van der Waals surface area contributed by atoms with Crippen LogP contribution in [0.1, 0.15) is 44.6 Å². The smallest absolute Gasteiger partial charge is 0.407 e. The number of nitrogens with one attached hydrogen (secondary N) is 2. The third-order valence-corrected chi connectivity index (χ3v) is 5.08. The summed E-state index contributed by atoms with van der Waals surface area (Å²) in [6, 6.07) is 4.28. The number of pyridine rings is 1. The summed E-state index contributed by atoms with van der Waals surface area (Å²) in [6.07, 6.45) is 8.18. The molecule has 1 fully saturated rings. The number of rotatable bonds is 4. The van der Waals surface area contributed by atoms with Crippen LogP contribution in [0.4, 0.5) is 4.79 Å². The standard InChI is InChI=1S/C20H25N5O2/c1-12(2)23-20(26)27-15-5-4-13(8-15)14-9-16-17(11-22-19(16)21-10-14)18-6-7-25(3)24-18/h6-7,9-13,15H,4-5,8H2,1-3H3,(H,21,22)(H,23,26)/t13-,15+/m0/s1. The van der Waals surface area contributed by atoms with Gasteiger partial charge in [0.05, 0.1) is 5.69 Å². The average Bonchev–Trinajstić information content (AvgIpc) is 3.32. The van der Waals surface area contributed by atoms with Crippen molar-refractivity contribution >= 4 is 17.1 Å². The van der Waals surface area contributed by atoms with E-state index in [4.69, 9.17) is 4.74 Å². The van der Waals surface area contributed by atoms with Gasteiger partial charge in [0.2, 0.25) is 0 Å². The highest BCUT2D eigenvalue weighted by Gasteiger charge is 2.29. The number of hydrogen-bond donors (Lipinski definition) is 2. The Labute approximate surface area is 158 Å². The molecule has 142 valence electrons. The Bertz CT molecular complexity index is 958. The quantitative estimate of drug-likeness (QED) is 0.736. The van der Waals surface area contributed by atoms with Gasteiger partial charge in [0.25, 0.3) is 0 Å². The van der Waals surface area contributed by atoms with Crippen molar-refractivity contribution in [3.8, 4) is 11.3 Å². The van der Waals surface area contributed by atoms with Crippen LogP contribution in [-0.2, 0) is 11.8 Å². The largest absolute Gasteiger partial charge is 0.446 e. The number of carbonyl (C=O) groups is 1. The molecule has 4 rings (SSSR count). The number of aromatic amines is 1. The van der Waals surface area contributed by atoms with E-state index in [1.54, 1.807) is 4.68 Å². The number of carbonyl (C=O) groups excluding carboxylic acids is 1. The summed E-state index contributed by atoms with van der Waals surface area (Å²) in [6.45, 7) is 3.85. The van der Waals surface area contributed by atoms with E-state index in [0.29, 0.717) is 5.92 Å². The first-order valence-corrected chi connectivity index (χ1v) is 9.44. The van der Waals surface area contributed by atoms with E-state index in [1.807, 2.05) is 45.6 Å². The maximum Gasteiger partial charge on any atom is 0.407 e. The summed E-state index contributed by atoms with van der Waals surface area (Å²) in [4.78, 5) is 19.7. The van der Waals surface area contributed by atoms with Gasteiger partial charge in [-0.1, -0.05) is 0 Å². The summed E-state index contributed by atoms with van der Waals surface area (Å²) < 4.78 is 7.35. The summed E-state index contributed by atoms with van der Waals surface area (Å²) >= 11 is 0. The second-order valence-electron chi connectivity index (χ2n) is 7.58. The summed E-state index contributed by atoms with van der Waals surface area (Å²) in [5.41, 5.74) is 4.04. The van der Waals surface area contributed by atoms with Crippen LogP contribution in [-0.4, -0.2) is 38.0 Å². The molecule has 0 bridgehead atoms. The lowest BCUT2D eigenvalue weighted by Crippen LogP contribution is -2.33. The Morgan fingerprint density at radius 3 is 3.00 bits per heavy atom. The van der Waals surface area contributed by atoms with Gasteiger partial charge in [0, 0.05) is 42.6 Å². The fourth-order valence-electron chi connectivity index (χ4n) is 3.78. The number of aryl methyl sites for hydroxylation is 1. The second-order valence-corrected chi connectivity index (χ2v) is 7.58.